The summed E-state index contributed by atoms with van der Waals surface area (Å²) in [6, 6.07) is 2.49. The monoisotopic (exact) mass is 275 g/mol. The van der Waals surface area contributed by atoms with Gasteiger partial charge in [0.15, 0.2) is 0 Å². The predicted molar refractivity (Wildman–Crippen MR) is 80.7 cm³/mol. The number of hydrogen-bond donors (Lipinski definition) is 1. The third kappa shape index (κ3) is 3.10. The fourth-order valence-corrected chi connectivity index (χ4v) is 2.64. The Kier molecular flexibility index (Phi) is 4.60. The molecule has 5 heteroatoms. The Balaban J connectivity index is 2.25. The van der Waals surface area contributed by atoms with Gasteiger partial charge in [0.2, 0.25) is 0 Å². The molecule has 1 N–H and O–H groups in total. The van der Waals surface area contributed by atoms with Gasteiger partial charge in [0, 0.05) is 44.0 Å². The van der Waals surface area contributed by atoms with E-state index in [9.17, 15) is 0 Å². The van der Waals surface area contributed by atoms with Crippen LogP contribution in [0.15, 0.2) is 12.3 Å². The number of hydrogen-bond acceptors (Lipinski definition) is 3. The van der Waals surface area contributed by atoms with E-state index in [-0.39, 0.29) is 6.04 Å². The second kappa shape index (κ2) is 6.22. The van der Waals surface area contributed by atoms with Gasteiger partial charge in [-0.05, 0) is 26.0 Å². The van der Waals surface area contributed by atoms with Crippen molar-refractivity contribution < 1.29 is 0 Å². The van der Waals surface area contributed by atoms with Crippen LogP contribution >= 0.6 is 0 Å². The zero-order valence-electron chi connectivity index (χ0n) is 13.1. The predicted octanol–water partition coefficient (Wildman–Crippen LogP) is 1.92. The van der Waals surface area contributed by atoms with Crippen molar-refractivity contribution in [1.82, 2.24) is 24.9 Å². The molecule has 2 aromatic heterocycles. The van der Waals surface area contributed by atoms with Crippen LogP contribution in [0.25, 0.3) is 0 Å². The second-order valence-electron chi connectivity index (χ2n) is 5.26. The Morgan fingerprint density at radius 1 is 1.25 bits per heavy atom. The van der Waals surface area contributed by atoms with Gasteiger partial charge in [0.1, 0.15) is 0 Å². The van der Waals surface area contributed by atoms with Crippen LogP contribution in [0, 0.1) is 6.92 Å². The zero-order chi connectivity index (χ0) is 14.7. The van der Waals surface area contributed by atoms with Crippen LogP contribution in [0.4, 0.5) is 0 Å². The largest absolute Gasteiger partial charge is 0.310 e. The van der Waals surface area contributed by atoms with Gasteiger partial charge in [-0.2, -0.15) is 10.2 Å². The molecule has 5 nitrogen and oxygen atoms in total. The molecule has 0 aliphatic carbocycles. The van der Waals surface area contributed by atoms with E-state index in [1.807, 2.05) is 23.5 Å². The molecule has 0 amide bonds. The average Bonchev–Trinajstić information content (AvgIpc) is 2.92. The van der Waals surface area contributed by atoms with Gasteiger partial charge in [-0.25, -0.2) is 0 Å². The first-order chi connectivity index (χ1) is 9.55. The molecule has 110 valence electrons. The molecule has 0 aromatic carbocycles. The van der Waals surface area contributed by atoms with Crippen LogP contribution in [0.2, 0.25) is 0 Å². The Morgan fingerprint density at radius 3 is 2.50 bits per heavy atom. The molecule has 0 radical (unpaired) electrons. The molecular weight excluding hydrogens is 250 g/mol. The number of aryl methyl sites for hydroxylation is 4. The summed E-state index contributed by atoms with van der Waals surface area (Å²) in [6.45, 7) is 7.29. The average molecular weight is 275 g/mol. The lowest BCUT2D eigenvalue weighted by Gasteiger charge is -2.17. The molecule has 0 spiro atoms. The van der Waals surface area contributed by atoms with Gasteiger partial charge < -0.3 is 5.32 Å². The zero-order valence-corrected chi connectivity index (χ0v) is 13.1. The fraction of sp³-hybridized carbons (Fsp3) is 0.600. The highest BCUT2D eigenvalue weighted by atomic mass is 15.3. The van der Waals surface area contributed by atoms with E-state index in [4.69, 9.17) is 0 Å². The highest BCUT2D eigenvalue weighted by molar-refractivity contribution is 5.23. The summed E-state index contributed by atoms with van der Waals surface area (Å²) in [6.07, 6.45) is 4.02. The van der Waals surface area contributed by atoms with E-state index in [0.717, 1.165) is 30.8 Å². The highest BCUT2D eigenvalue weighted by Gasteiger charge is 2.18. The summed E-state index contributed by atoms with van der Waals surface area (Å²) >= 11 is 0. The molecular formula is C15H25N5. The molecule has 0 saturated heterocycles. The van der Waals surface area contributed by atoms with Crippen molar-refractivity contribution in [3.8, 4) is 0 Å². The summed E-state index contributed by atoms with van der Waals surface area (Å²) in [5.74, 6) is 0. The standard InChI is InChI=1S/C15H25N5/c1-6-12-8-13(20(5)18-12)9-15(16-7-2)14-10-19(4)17-11(14)3/h8,10,15-16H,6-7,9H2,1-5H3. The van der Waals surface area contributed by atoms with E-state index in [1.165, 1.54) is 11.3 Å². The van der Waals surface area contributed by atoms with Gasteiger partial charge in [-0.1, -0.05) is 13.8 Å². The van der Waals surface area contributed by atoms with Crippen LogP contribution in [-0.2, 0) is 26.9 Å². The molecule has 2 heterocycles. The van der Waals surface area contributed by atoms with Crippen LogP contribution in [0.1, 0.15) is 42.5 Å². The van der Waals surface area contributed by atoms with Crippen molar-refractivity contribution in [1.29, 1.82) is 0 Å². The molecule has 1 unspecified atom stereocenters. The first kappa shape index (κ1) is 14.8. The molecule has 2 aromatic rings. The summed E-state index contributed by atoms with van der Waals surface area (Å²) in [7, 11) is 3.99. The number of likely N-dealkylation sites (N-methyl/N-ethyl adjacent to an activating group) is 1. The third-order valence-electron chi connectivity index (χ3n) is 3.68. The second-order valence-corrected chi connectivity index (χ2v) is 5.26. The lowest BCUT2D eigenvalue weighted by Crippen LogP contribution is -2.24. The van der Waals surface area contributed by atoms with E-state index in [2.05, 4.69) is 48.5 Å². The quantitative estimate of drug-likeness (QED) is 0.876. The molecule has 1 atom stereocenters. The van der Waals surface area contributed by atoms with Crippen molar-refractivity contribution >= 4 is 0 Å². The van der Waals surface area contributed by atoms with E-state index >= 15 is 0 Å². The summed E-state index contributed by atoms with van der Waals surface area (Å²) in [5, 5.41) is 12.5. The molecule has 0 fully saturated rings. The van der Waals surface area contributed by atoms with E-state index in [1.54, 1.807) is 0 Å². The minimum atomic E-state index is 0.286. The smallest absolute Gasteiger partial charge is 0.0641 e. The SMILES string of the molecule is CCNC(Cc1cc(CC)nn1C)c1cn(C)nc1C. The van der Waals surface area contributed by atoms with Crippen LogP contribution in [0.5, 0.6) is 0 Å². The normalized spacial score (nSPS) is 12.8. The Morgan fingerprint density at radius 2 is 2.00 bits per heavy atom. The van der Waals surface area contributed by atoms with Gasteiger partial charge >= 0.3 is 0 Å². The first-order valence-electron chi connectivity index (χ1n) is 7.30. The third-order valence-corrected chi connectivity index (χ3v) is 3.68. The number of nitrogens with one attached hydrogen (secondary N) is 1. The number of rotatable bonds is 6. The van der Waals surface area contributed by atoms with Gasteiger partial charge in [0.25, 0.3) is 0 Å². The maximum Gasteiger partial charge on any atom is 0.0641 e. The van der Waals surface area contributed by atoms with Gasteiger partial charge in [-0.15, -0.1) is 0 Å². The van der Waals surface area contributed by atoms with E-state index in [0.29, 0.717) is 0 Å². The molecule has 0 saturated carbocycles. The van der Waals surface area contributed by atoms with Crippen LogP contribution in [0.3, 0.4) is 0 Å². The topological polar surface area (TPSA) is 47.7 Å². The van der Waals surface area contributed by atoms with Gasteiger partial charge in [-0.3, -0.25) is 9.36 Å². The molecule has 20 heavy (non-hydrogen) atoms. The Bertz CT molecular complexity index is 567. The molecule has 0 aliphatic heterocycles. The van der Waals surface area contributed by atoms with Crippen molar-refractivity contribution in [2.45, 2.75) is 39.7 Å². The molecule has 2 rings (SSSR count). The first-order valence-corrected chi connectivity index (χ1v) is 7.30. The van der Waals surface area contributed by atoms with Crippen molar-refractivity contribution in [2.75, 3.05) is 6.54 Å². The molecule has 0 aliphatic rings. The highest BCUT2D eigenvalue weighted by Crippen LogP contribution is 2.21. The summed E-state index contributed by atoms with van der Waals surface area (Å²) < 4.78 is 3.88. The number of nitrogens with zero attached hydrogens (tertiary/aromatic N) is 4. The number of aromatic nitrogens is 4. The van der Waals surface area contributed by atoms with Crippen molar-refractivity contribution in [2.24, 2.45) is 14.1 Å². The molecule has 0 bridgehead atoms. The van der Waals surface area contributed by atoms with Gasteiger partial charge in [0.05, 0.1) is 11.4 Å². The lowest BCUT2D eigenvalue weighted by molar-refractivity contribution is 0.526. The lowest BCUT2D eigenvalue weighted by atomic mass is 10.0. The fourth-order valence-electron chi connectivity index (χ4n) is 2.64. The van der Waals surface area contributed by atoms with Crippen molar-refractivity contribution in [3.63, 3.8) is 0 Å². The Labute approximate surface area is 121 Å². The minimum absolute atomic E-state index is 0.286. The summed E-state index contributed by atoms with van der Waals surface area (Å²) in [5.41, 5.74) is 4.78. The minimum Gasteiger partial charge on any atom is -0.310 e. The van der Waals surface area contributed by atoms with Crippen LogP contribution < -0.4 is 5.32 Å². The van der Waals surface area contributed by atoms with Crippen LogP contribution in [-0.4, -0.2) is 26.1 Å². The summed E-state index contributed by atoms with van der Waals surface area (Å²) in [4.78, 5) is 0. The maximum absolute atomic E-state index is 4.53. The Hall–Kier alpha value is -1.62. The van der Waals surface area contributed by atoms with E-state index < -0.39 is 0 Å². The van der Waals surface area contributed by atoms with Crippen molar-refractivity contribution in [3.05, 3.63) is 34.9 Å². The maximum atomic E-state index is 4.53.